The van der Waals surface area contributed by atoms with Crippen LogP contribution >= 0.6 is 11.6 Å². The summed E-state index contributed by atoms with van der Waals surface area (Å²) in [5.41, 5.74) is 1.96. The van der Waals surface area contributed by atoms with Gasteiger partial charge in [0.25, 0.3) is 0 Å². The van der Waals surface area contributed by atoms with Crippen molar-refractivity contribution < 1.29 is 13.9 Å². The van der Waals surface area contributed by atoms with Crippen LogP contribution in [-0.2, 0) is 17.8 Å². The van der Waals surface area contributed by atoms with Crippen molar-refractivity contribution in [1.29, 1.82) is 0 Å². The first-order valence-corrected chi connectivity index (χ1v) is 7.34. The highest BCUT2D eigenvalue weighted by Gasteiger charge is 2.24. The summed E-state index contributed by atoms with van der Waals surface area (Å²) in [7, 11) is 0. The largest absolute Gasteiger partial charge is 0.469 e. The summed E-state index contributed by atoms with van der Waals surface area (Å²) in [6.07, 6.45) is 4.10. The van der Waals surface area contributed by atoms with Crippen LogP contribution in [0.3, 0.4) is 0 Å². The van der Waals surface area contributed by atoms with E-state index in [0.29, 0.717) is 5.02 Å². The molecule has 1 atom stereocenters. The number of benzene rings is 1. The third kappa shape index (κ3) is 3.39. The molecule has 3 rings (SSSR count). The van der Waals surface area contributed by atoms with Crippen LogP contribution < -0.4 is 5.32 Å². The molecule has 0 unspecified atom stereocenters. The molecule has 1 N–H and O–H groups in total. The third-order valence-electron chi connectivity index (χ3n) is 3.63. The second-order valence-electron chi connectivity index (χ2n) is 5.09. The number of carbonyl (C=O) groups is 1. The van der Waals surface area contributed by atoms with Gasteiger partial charge in [-0.15, -0.1) is 0 Å². The standard InChI is InChI=1S/C16H16ClNO3/c17-12-6-4-11(5-7-12)10-21-16(19)18-14-2-1-3-15-13(14)8-9-20-15/h4-9,14H,1-3,10H2,(H,18,19)/t14-/m1/s1. The predicted octanol–water partition coefficient (Wildman–Crippen LogP) is 4.24. The molecular formula is C16H16ClNO3. The zero-order valence-electron chi connectivity index (χ0n) is 11.5. The SMILES string of the molecule is O=C(N[C@@H]1CCCc2occc21)OCc1ccc(Cl)cc1. The number of hydrogen-bond donors (Lipinski definition) is 1. The maximum absolute atomic E-state index is 11.9. The zero-order valence-corrected chi connectivity index (χ0v) is 12.2. The molecule has 0 saturated carbocycles. The molecule has 1 aromatic heterocycles. The van der Waals surface area contributed by atoms with Crippen LogP contribution in [0.4, 0.5) is 4.79 Å². The Morgan fingerprint density at radius 3 is 2.95 bits per heavy atom. The number of ether oxygens (including phenoxy) is 1. The molecule has 0 saturated heterocycles. The average molecular weight is 306 g/mol. The fraction of sp³-hybridized carbons (Fsp3) is 0.312. The highest BCUT2D eigenvalue weighted by atomic mass is 35.5. The van der Waals surface area contributed by atoms with Gasteiger partial charge in [0.2, 0.25) is 0 Å². The van der Waals surface area contributed by atoms with Crippen molar-refractivity contribution in [2.45, 2.75) is 31.9 Å². The van der Waals surface area contributed by atoms with E-state index in [9.17, 15) is 4.79 Å². The Morgan fingerprint density at radius 1 is 1.33 bits per heavy atom. The molecule has 110 valence electrons. The number of furan rings is 1. The molecule has 0 radical (unpaired) electrons. The van der Waals surface area contributed by atoms with Crippen molar-refractivity contribution in [2.24, 2.45) is 0 Å². The molecule has 4 nitrogen and oxygen atoms in total. The molecule has 1 aliphatic carbocycles. The first-order chi connectivity index (χ1) is 10.2. The van der Waals surface area contributed by atoms with E-state index >= 15 is 0 Å². The first kappa shape index (κ1) is 14.0. The van der Waals surface area contributed by atoms with Gasteiger partial charge < -0.3 is 14.5 Å². The number of halogens is 1. The number of fused-ring (bicyclic) bond motifs is 1. The number of alkyl carbamates (subject to hydrolysis) is 1. The van der Waals surface area contributed by atoms with Gasteiger partial charge in [-0.1, -0.05) is 23.7 Å². The van der Waals surface area contributed by atoms with Crippen LogP contribution in [0, 0.1) is 0 Å². The number of carbonyl (C=O) groups excluding carboxylic acids is 1. The van der Waals surface area contributed by atoms with Crippen LogP contribution in [0.15, 0.2) is 41.0 Å². The lowest BCUT2D eigenvalue weighted by atomic mass is 9.94. The van der Waals surface area contributed by atoms with Gasteiger partial charge in [-0.25, -0.2) is 4.79 Å². The van der Waals surface area contributed by atoms with Gasteiger partial charge in [-0.3, -0.25) is 0 Å². The van der Waals surface area contributed by atoms with Crippen molar-refractivity contribution in [3.05, 3.63) is 58.5 Å². The monoisotopic (exact) mass is 305 g/mol. The van der Waals surface area contributed by atoms with Crippen LogP contribution in [0.1, 0.15) is 35.8 Å². The predicted molar refractivity (Wildman–Crippen MR) is 79.2 cm³/mol. The molecule has 5 heteroatoms. The average Bonchev–Trinajstić information content (AvgIpc) is 2.96. The molecule has 1 amide bonds. The van der Waals surface area contributed by atoms with Crippen molar-refractivity contribution in [1.82, 2.24) is 5.32 Å². The molecule has 2 aromatic rings. The highest BCUT2D eigenvalue weighted by molar-refractivity contribution is 6.30. The minimum Gasteiger partial charge on any atom is -0.469 e. The minimum absolute atomic E-state index is 0.0229. The minimum atomic E-state index is -0.413. The Labute approximate surface area is 128 Å². The zero-order chi connectivity index (χ0) is 14.7. The van der Waals surface area contributed by atoms with E-state index in [1.54, 1.807) is 18.4 Å². The number of nitrogens with one attached hydrogen (secondary N) is 1. The quantitative estimate of drug-likeness (QED) is 0.923. The second kappa shape index (κ2) is 6.22. The summed E-state index contributed by atoms with van der Waals surface area (Å²) in [5, 5.41) is 3.56. The van der Waals surface area contributed by atoms with E-state index in [1.807, 2.05) is 18.2 Å². The Kier molecular flexibility index (Phi) is 4.15. The molecule has 1 heterocycles. The fourth-order valence-electron chi connectivity index (χ4n) is 2.55. The summed E-state index contributed by atoms with van der Waals surface area (Å²) in [6.45, 7) is 0.230. The second-order valence-corrected chi connectivity index (χ2v) is 5.53. The van der Waals surface area contributed by atoms with Gasteiger partial charge in [-0.05, 0) is 36.6 Å². The Balaban J connectivity index is 1.54. The van der Waals surface area contributed by atoms with Crippen molar-refractivity contribution in [2.75, 3.05) is 0 Å². The molecule has 0 spiro atoms. The van der Waals surface area contributed by atoms with Gasteiger partial charge in [-0.2, -0.15) is 0 Å². The fourth-order valence-corrected chi connectivity index (χ4v) is 2.68. The highest BCUT2D eigenvalue weighted by Crippen LogP contribution is 2.30. The van der Waals surface area contributed by atoms with E-state index in [2.05, 4.69) is 5.32 Å². The molecule has 0 bridgehead atoms. The van der Waals surface area contributed by atoms with E-state index in [1.165, 1.54) is 0 Å². The maximum atomic E-state index is 11.9. The number of aryl methyl sites for hydroxylation is 1. The van der Waals surface area contributed by atoms with Crippen molar-refractivity contribution in [3.8, 4) is 0 Å². The Bertz CT molecular complexity index is 621. The lowest BCUT2D eigenvalue weighted by Gasteiger charge is -2.22. The summed E-state index contributed by atoms with van der Waals surface area (Å²) in [4.78, 5) is 11.9. The normalized spacial score (nSPS) is 17.1. The van der Waals surface area contributed by atoms with Gasteiger partial charge in [0, 0.05) is 17.0 Å². The number of hydrogen-bond acceptors (Lipinski definition) is 3. The lowest BCUT2D eigenvalue weighted by Crippen LogP contribution is -2.30. The molecule has 21 heavy (non-hydrogen) atoms. The smallest absolute Gasteiger partial charge is 0.407 e. The van der Waals surface area contributed by atoms with E-state index < -0.39 is 6.09 Å². The molecule has 1 aromatic carbocycles. The third-order valence-corrected chi connectivity index (χ3v) is 3.88. The topological polar surface area (TPSA) is 51.5 Å². The van der Waals surface area contributed by atoms with Crippen LogP contribution in [-0.4, -0.2) is 6.09 Å². The van der Waals surface area contributed by atoms with Gasteiger partial charge >= 0.3 is 6.09 Å². The van der Waals surface area contributed by atoms with Crippen molar-refractivity contribution >= 4 is 17.7 Å². The van der Waals surface area contributed by atoms with Gasteiger partial charge in [0.1, 0.15) is 12.4 Å². The van der Waals surface area contributed by atoms with Crippen LogP contribution in [0.5, 0.6) is 0 Å². The van der Waals surface area contributed by atoms with Crippen molar-refractivity contribution in [3.63, 3.8) is 0 Å². The molecule has 0 aliphatic heterocycles. The summed E-state index contributed by atoms with van der Waals surface area (Å²) in [5.74, 6) is 0.962. The first-order valence-electron chi connectivity index (χ1n) is 6.96. The van der Waals surface area contributed by atoms with Crippen LogP contribution in [0.2, 0.25) is 5.02 Å². The Morgan fingerprint density at radius 2 is 2.14 bits per heavy atom. The number of rotatable bonds is 3. The summed E-state index contributed by atoms with van der Waals surface area (Å²) < 4.78 is 10.6. The molecule has 1 aliphatic rings. The lowest BCUT2D eigenvalue weighted by molar-refractivity contribution is 0.134. The summed E-state index contributed by atoms with van der Waals surface area (Å²) in [6, 6.07) is 9.12. The molecule has 0 fully saturated rings. The van der Waals surface area contributed by atoms with E-state index in [0.717, 1.165) is 36.1 Å². The van der Waals surface area contributed by atoms with Gasteiger partial charge in [0.05, 0.1) is 12.3 Å². The Hall–Kier alpha value is -1.94. The number of amides is 1. The van der Waals surface area contributed by atoms with E-state index in [4.69, 9.17) is 20.8 Å². The summed E-state index contributed by atoms with van der Waals surface area (Å²) >= 11 is 5.81. The van der Waals surface area contributed by atoms with Crippen LogP contribution in [0.25, 0.3) is 0 Å². The maximum Gasteiger partial charge on any atom is 0.407 e. The molecular weight excluding hydrogens is 290 g/mol. The van der Waals surface area contributed by atoms with Gasteiger partial charge in [0.15, 0.2) is 0 Å². The van der Waals surface area contributed by atoms with E-state index in [-0.39, 0.29) is 12.6 Å².